The van der Waals surface area contributed by atoms with Crippen LogP contribution in [0.5, 0.6) is 0 Å². The number of amides is 1. The van der Waals surface area contributed by atoms with Crippen molar-refractivity contribution < 1.29 is 4.79 Å². The summed E-state index contributed by atoms with van der Waals surface area (Å²) in [5.74, 6) is -0.0111. The topological polar surface area (TPSA) is 32.7 Å². The standard InChI is InChI=1S/C16H16N2OS/c1-11-5-3-6-13(9-11)15-10-14(16-7-4-8-20-16)17-18(15)12(2)19/h3-9,15H,10H2,1-2H3/t15-/m1/s1. The van der Waals surface area contributed by atoms with Crippen molar-refractivity contribution in [3.63, 3.8) is 0 Å². The zero-order valence-electron chi connectivity index (χ0n) is 11.5. The maximum atomic E-state index is 11.9. The number of hydrogen-bond acceptors (Lipinski definition) is 3. The number of aryl methyl sites for hydroxylation is 1. The summed E-state index contributed by atoms with van der Waals surface area (Å²) in [6.45, 7) is 3.64. The van der Waals surface area contributed by atoms with Crippen LogP contribution in [0.3, 0.4) is 0 Å². The number of hydrazone groups is 1. The van der Waals surface area contributed by atoms with Gasteiger partial charge in [0.15, 0.2) is 0 Å². The smallest absolute Gasteiger partial charge is 0.240 e. The fourth-order valence-electron chi connectivity index (χ4n) is 2.53. The lowest BCUT2D eigenvalue weighted by Gasteiger charge is -2.20. The van der Waals surface area contributed by atoms with Crippen LogP contribution in [0.1, 0.15) is 35.4 Å². The molecule has 1 aromatic heterocycles. The van der Waals surface area contributed by atoms with E-state index < -0.39 is 0 Å². The molecule has 20 heavy (non-hydrogen) atoms. The highest BCUT2D eigenvalue weighted by Gasteiger charge is 2.31. The normalized spacial score (nSPS) is 18.2. The summed E-state index contributed by atoms with van der Waals surface area (Å²) in [7, 11) is 0. The average molecular weight is 284 g/mol. The Morgan fingerprint density at radius 3 is 2.85 bits per heavy atom. The van der Waals surface area contributed by atoms with E-state index in [0.717, 1.165) is 22.6 Å². The average Bonchev–Trinajstić information content (AvgIpc) is 3.08. The summed E-state index contributed by atoms with van der Waals surface area (Å²) in [5, 5.41) is 8.18. The number of thiophene rings is 1. The number of carbonyl (C=O) groups is 1. The Bertz CT molecular complexity index is 661. The molecule has 0 aliphatic carbocycles. The van der Waals surface area contributed by atoms with Crippen LogP contribution in [0.4, 0.5) is 0 Å². The molecular weight excluding hydrogens is 268 g/mol. The van der Waals surface area contributed by atoms with E-state index >= 15 is 0 Å². The largest absolute Gasteiger partial charge is 0.273 e. The fraction of sp³-hybridized carbons (Fsp3) is 0.250. The van der Waals surface area contributed by atoms with E-state index in [1.165, 1.54) is 5.56 Å². The molecule has 1 aliphatic heterocycles. The van der Waals surface area contributed by atoms with Crippen molar-refractivity contribution in [3.05, 3.63) is 57.8 Å². The molecule has 102 valence electrons. The Kier molecular flexibility index (Phi) is 3.40. The van der Waals surface area contributed by atoms with Gasteiger partial charge in [0.1, 0.15) is 0 Å². The second kappa shape index (κ2) is 5.21. The van der Waals surface area contributed by atoms with Crippen LogP contribution in [-0.2, 0) is 4.79 Å². The fourth-order valence-corrected chi connectivity index (χ4v) is 3.25. The Balaban J connectivity index is 1.95. The molecule has 0 radical (unpaired) electrons. The molecule has 0 spiro atoms. The van der Waals surface area contributed by atoms with E-state index in [0.29, 0.717) is 0 Å². The quantitative estimate of drug-likeness (QED) is 0.826. The van der Waals surface area contributed by atoms with Gasteiger partial charge < -0.3 is 0 Å². The highest BCUT2D eigenvalue weighted by Crippen LogP contribution is 2.33. The molecule has 1 atom stereocenters. The molecule has 0 bridgehead atoms. The summed E-state index contributed by atoms with van der Waals surface area (Å²) >= 11 is 1.67. The lowest BCUT2D eigenvalue weighted by Crippen LogP contribution is -2.24. The number of rotatable bonds is 2. The van der Waals surface area contributed by atoms with Crippen molar-refractivity contribution in [2.75, 3.05) is 0 Å². The van der Waals surface area contributed by atoms with Crippen LogP contribution >= 0.6 is 11.3 Å². The van der Waals surface area contributed by atoms with E-state index in [1.54, 1.807) is 23.3 Å². The number of nitrogens with zero attached hydrogens (tertiary/aromatic N) is 2. The summed E-state index contributed by atoms with van der Waals surface area (Å²) in [6, 6.07) is 12.4. The third kappa shape index (κ3) is 2.39. The first-order chi connectivity index (χ1) is 9.65. The van der Waals surface area contributed by atoms with Gasteiger partial charge in [-0.1, -0.05) is 35.9 Å². The van der Waals surface area contributed by atoms with Gasteiger partial charge in [-0.05, 0) is 23.9 Å². The first kappa shape index (κ1) is 13.1. The Morgan fingerprint density at radius 1 is 1.35 bits per heavy atom. The van der Waals surface area contributed by atoms with E-state index in [1.807, 2.05) is 17.5 Å². The van der Waals surface area contributed by atoms with Gasteiger partial charge in [0.2, 0.25) is 5.91 Å². The Morgan fingerprint density at radius 2 is 2.20 bits per heavy atom. The number of carbonyl (C=O) groups excluding carboxylic acids is 1. The molecule has 3 nitrogen and oxygen atoms in total. The number of benzene rings is 1. The van der Waals surface area contributed by atoms with E-state index in [2.05, 4.69) is 36.3 Å². The van der Waals surface area contributed by atoms with Crippen LogP contribution in [-0.4, -0.2) is 16.6 Å². The lowest BCUT2D eigenvalue weighted by molar-refractivity contribution is -0.130. The van der Waals surface area contributed by atoms with Crippen LogP contribution < -0.4 is 0 Å². The van der Waals surface area contributed by atoms with Crippen molar-refractivity contribution in [2.45, 2.75) is 26.3 Å². The highest BCUT2D eigenvalue weighted by atomic mass is 32.1. The molecule has 2 aromatic rings. The monoisotopic (exact) mass is 284 g/mol. The summed E-state index contributed by atoms with van der Waals surface area (Å²) in [6.07, 6.45) is 0.781. The van der Waals surface area contributed by atoms with Gasteiger partial charge in [0.25, 0.3) is 0 Å². The molecule has 1 aliphatic rings. The van der Waals surface area contributed by atoms with Crippen molar-refractivity contribution in [1.82, 2.24) is 5.01 Å². The first-order valence-electron chi connectivity index (χ1n) is 6.63. The molecule has 0 fully saturated rings. The third-order valence-corrected chi connectivity index (χ3v) is 4.38. The second-order valence-electron chi connectivity index (χ2n) is 5.02. The van der Waals surface area contributed by atoms with Crippen molar-refractivity contribution >= 4 is 23.0 Å². The minimum absolute atomic E-state index is 0.0111. The van der Waals surface area contributed by atoms with Gasteiger partial charge in [-0.2, -0.15) is 5.10 Å². The van der Waals surface area contributed by atoms with Crippen molar-refractivity contribution in [1.29, 1.82) is 0 Å². The van der Waals surface area contributed by atoms with Crippen LogP contribution in [0, 0.1) is 6.92 Å². The number of hydrogen-bond donors (Lipinski definition) is 0. The molecule has 1 aromatic carbocycles. The van der Waals surface area contributed by atoms with Crippen LogP contribution in [0.15, 0.2) is 46.9 Å². The van der Waals surface area contributed by atoms with Crippen molar-refractivity contribution in [2.24, 2.45) is 5.10 Å². The van der Waals surface area contributed by atoms with Gasteiger partial charge in [-0.25, -0.2) is 5.01 Å². The minimum Gasteiger partial charge on any atom is -0.273 e. The lowest BCUT2D eigenvalue weighted by atomic mass is 9.99. The molecule has 0 saturated carbocycles. The maximum Gasteiger partial charge on any atom is 0.240 e. The zero-order valence-corrected chi connectivity index (χ0v) is 12.4. The van der Waals surface area contributed by atoms with E-state index in [-0.39, 0.29) is 11.9 Å². The Hall–Kier alpha value is -1.94. The molecule has 0 N–H and O–H groups in total. The molecule has 1 amide bonds. The van der Waals surface area contributed by atoms with Crippen LogP contribution in [0.2, 0.25) is 0 Å². The van der Waals surface area contributed by atoms with E-state index in [9.17, 15) is 4.79 Å². The molecule has 4 heteroatoms. The van der Waals surface area contributed by atoms with Crippen LogP contribution in [0.25, 0.3) is 0 Å². The second-order valence-corrected chi connectivity index (χ2v) is 5.97. The van der Waals surface area contributed by atoms with Gasteiger partial charge in [0, 0.05) is 13.3 Å². The molecule has 0 unspecified atom stereocenters. The highest BCUT2D eigenvalue weighted by molar-refractivity contribution is 7.12. The third-order valence-electron chi connectivity index (χ3n) is 3.47. The summed E-state index contributed by atoms with van der Waals surface area (Å²) < 4.78 is 0. The molecule has 3 rings (SSSR count). The Labute approximate surface area is 122 Å². The zero-order chi connectivity index (χ0) is 14.1. The predicted octanol–water partition coefficient (Wildman–Crippen LogP) is 3.75. The minimum atomic E-state index is -0.0111. The SMILES string of the molecule is CC(=O)N1N=C(c2cccs2)C[C@@H]1c1cccc(C)c1. The summed E-state index contributed by atoms with van der Waals surface area (Å²) in [5.41, 5.74) is 3.35. The molecule has 2 heterocycles. The van der Waals surface area contributed by atoms with Gasteiger partial charge >= 0.3 is 0 Å². The maximum absolute atomic E-state index is 11.9. The van der Waals surface area contributed by atoms with E-state index in [4.69, 9.17) is 0 Å². The van der Waals surface area contributed by atoms with Gasteiger partial charge in [-0.3, -0.25) is 4.79 Å². The van der Waals surface area contributed by atoms with Crippen molar-refractivity contribution in [3.8, 4) is 0 Å². The molecule has 0 saturated heterocycles. The first-order valence-corrected chi connectivity index (χ1v) is 7.51. The molecular formula is C16H16N2OS. The predicted molar refractivity (Wildman–Crippen MR) is 81.9 cm³/mol. The van der Waals surface area contributed by atoms with Gasteiger partial charge in [0.05, 0.1) is 16.6 Å². The summed E-state index contributed by atoms with van der Waals surface area (Å²) in [4.78, 5) is 13.0. The van der Waals surface area contributed by atoms with Gasteiger partial charge in [-0.15, -0.1) is 11.3 Å².